The van der Waals surface area contributed by atoms with Crippen LogP contribution >= 0.6 is 0 Å². The molecule has 0 aliphatic rings. The van der Waals surface area contributed by atoms with Gasteiger partial charge in [0.05, 0.1) is 7.11 Å². The van der Waals surface area contributed by atoms with Gasteiger partial charge in [0.15, 0.2) is 0 Å². The Morgan fingerprint density at radius 2 is 2.45 bits per heavy atom. The molecule has 0 spiro atoms. The molecule has 1 aromatic rings. The van der Waals surface area contributed by atoms with Crippen LogP contribution in [0.5, 0.6) is 6.01 Å². The van der Waals surface area contributed by atoms with Gasteiger partial charge in [0.25, 0.3) is 0 Å². The number of ether oxygens (including phenoxy) is 1. The van der Waals surface area contributed by atoms with Gasteiger partial charge < -0.3 is 10.5 Å². The zero-order valence-electron chi connectivity index (χ0n) is 6.45. The van der Waals surface area contributed by atoms with Crippen molar-refractivity contribution < 1.29 is 4.74 Å². The average molecular weight is 153 g/mol. The number of rotatable bonds is 3. The van der Waals surface area contributed by atoms with Gasteiger partial charge in [-0.1, -0.05) is 0 Å². The van der Waals surface area contributed by atoms with Crippen LogP contribution in [-0.4, -0.2) is 23.6 Å². The van der Waals surface area contributed by atoms with Crippen LogP contribution in [0.4, 0.5) is 0 Å². The molecule has 60 valence electrons. The molecule has 11 heavy (non-hydrogen) atoms. The Hall–Kier alpha value is -1.16. The van der Waals surface area contributed by atoms with E-state index >= 15 is 0 Å². The topological polar surface area (TPSA) is 61.0 Å². The van der Waals surface area contributed by atoms with E-state index in [0.717, 1.165) is 12.1 Å². The lowest BCUT2D eigenvalue weighted by Gasteiger charge is -1.99. The summed E-state index contributed by atoms with van der Waals surface area (Å²) in [4.78, 5) is 7.93. The predicted octanol–water partition coefficient (Wildman–Crippen LogP) is -0.0136. The van der Waals surface area contributed by atoms with Gasteiger partial charge in [0, 0.05) is 18.3 Å². The molecular weight excluding hydrogens is 142 g/mol. The van der Waals surface area contributed by atoms with E-state index in [1.54, 1.807) is 13.3 Å². The van der Waals surface area contributed by atoms with Crippen LogP contribution in [0.1, 0.15) is 5.69 Å². The van der Waals surface area contributed by atoms with Crippen molar-refractivity contribution in [1.29, 1.82) is 0 Å². The zero-order valence-corrected chi connectivity index (χ0v) is 6.45. The fraction of sp³-hybridized carbons (Fsp3) is 0.429. The third-order valence-corrected chi connectivity index (χ3v) is 1.27. The monoisotopic (exact) mass is 153 g/mol. The Balaban J connectivity index is 2.74. The zero-order chi connectivity index (χ0) is 8.10. The van der Waals surface area contributed by atoms with Crippen LogP contribution in [0.3, 0.4) is 0 Å². The predicted molar refractivity (Wildman–Crippen MR) is 41.3 cm³/mol. The Morgan fingerprint density at radius 1 is 1.64 bits per heavy atom. The summed E-state index contributed by atoms with van der Waals surface area (Å²) in [5, 5.41) is 0. The molecule has 0 saturated carbocycles. The van der Waals surface area contributed by atoms with Crippen molar-refractivity contribution in [3.05, 3.63) is 18.0 Å². The first-order valence-corrected chi connectivity index (χ1v) is 3.43. The molecule has 4 nitrogen and oxygen atoms in total. The van der Waals surface area contributed by atoms with Crippen LogP contribution < -0.4 is 10.5 Å². The van der Waals surface area contributed by atoms with Gasteiger partial charge in [0.2, 0.25) is 0 Å². The summed E-state index contributed by atoms with van der Waals surface area (Å²) in [7, 11) is 1.54. The molecule has 0 aromatic carbocycles. The average Bonchev–Trinajstić information content (AvgIpc) is 2.06. The molecule has 0 saturated heterocycles. The van der Waals surface area contributed by atoms with E-state index in [0.29, 0.717) is 12.6 Å². The van der Waals surface area contributed by atoms with Crippen molar-refractivity contribution in [1.82, 2.24) is 9.97 Å². The third kappa shape index (κ3) is 2.16. The number of nitrogens with zero attached hydrogens (tertiary/aromatic N) is 2. The van der Waals surface area contributed by atoms with E-state index in [9.17, 15) is 0 Å². The van der Waals surface area contributed by atoms with Crippen molar-refractivity contribution >= 4 is 0 Å². The molecule has 4 heteroatoms. The smallest absolute Gasteiger partial charge is 0.316 e. The molecule has 0 bridgehead atoms. The molecular formula is C7H11N3O. The molecule has 0 fully saturated rings. The Kier molecular flexibility index (Phi) is 2.80. The number of hydrogen-bond acceptors (Lipinski definition) is 4. The minimum atomic E-state index is 0.399. The van der Waals surface area contributed by atoms with Crippen molar-refractivity contribution in [3.8, 4) is 6.01 Å². The van der Waals surface area contributed by atoms with E-state index in [4.69, 9.17) is 10.5 Å². The third-order valence-electron chi connectivity index (χ3n) is 1.27. The van der Waals surface area contributed by atoms with Crippen LogP contribution in [0.15, 0.2) is 12.3 Å². The molecule has 1 rings (SSSR count). The van der Waals surface area contributed by atoms with Crippen LogP contribution in [0, 0.1) is 0 Å². The summed E-state index contributed by atoms with van der Waals surface area (Å²) in [5.41, 5.74) is 6.27. The van der Waals surface area contributed by atoms with Crippen LogP contribution in [0.2, 0.25) is 0 Å². The molecule has 1 heterocycles. The van der Waals surface area contributed by atoms with Crippen molar-refractivity contribution in [3.63, 3.8) is 0 Å². The summed E-state index contributed by atoms with van der Waals surface area (Å²) in [6.45, 7) is 0.597. The maximum absolute atomic E-state index is 5.35. The van der Waals surface area contributed by atoms with Gasteiger partial charge in [0.1, 0.15) is 0 Å². The largest absolute Gasteiger partial charge is 0.467 e. The number of aromatic nitrogens is 2. The number of nitrogens with two attached hydrogens (primary N) is 1. The summed E-state index contributed by atoms with van der Waals surface area (Å²) in [6.07, 6.45) is 2.43. The van der Waals surface area contributed by atoms with Gasteiger partial charge in [-0.05, 0) is 12.6 Å². The summed E-state index contributed by atoms with van der Waals surface area (Å²) in [6, 6.07) is 2.23. The second-order valence-corrected chi connectivity index (χ2v) is 2.07. The minimum absolute atomic E-state index is 0.399. The van der Waals surface area contributed by atoms with Crippen molar-refractivity contribution in [2.45, 2.75) is 6.42 Å². The highest BCUT2D eigenvalue weighted by Crippen LogP contribution is 2.01. The van der Waals surface area contributed by atoms with E-state index in [2.05, 4.69) is 9.97 Å². The fourth-order valence-electron chi connectivity index (χ4n) is 0.762. The van der Waals surface area contributed by atoms with Gasteiger partial charge in [-0.2, -0.15) is 0 Å². The lowest BCUT2D eigenvalue weighted by Crippen LogP contribution is -2.05. The molecule has 1 aromatic heterocycles. The Labute approximate surface area is 65.4 Å². The highest BCUT2D eigenvalue weighted by atomic mass is 16.5. The molecule has 0 atom stereocenters. The van der Waals surface area contributed by atoms with Gasteiger partial charge >= 0.3 is 6.01 Å². The van der Waals surface area contributed by atoms with Gasteiger partial charge in [-0.25, -0.2) is 9.97 Å². The standard InChI is InChI=1S/C7H11N3O/c1-11-7-9-5-3-6(10-7)2-4-8/h3,5H,2,4,8H2,1H3. The molecule has 0 radical (unpaired) electrons. The maximum Gasteiger partial charge on any atom is 0.316 e. The van der Waals surface area contributed by atoms with E-state index in [1.807, 2.05) is 6.07 Å². The van der Waals surface area contributed by atoms with Crippen LogP contribution in [-0.2, 0) is 6.42 Å². The fourth-order valence-corrected chi connectivity index (χ4v) is 0.762. The minimum Gasteiger partial charge on any atom is -0.467 e. The van der Waals surface area contributed by atoms with E-state index in [-0.39, 0.29) is 0 Å². The molecule has 0 aliphatic carbocycles. The van der Waals surface area contributed by atoms with Gasteiger partial charge in [-0.3, -0.25) is 0 Å². The number of methoxy groups -OCH3 is 1. The first-order valence-electron chi connectivity index (χ1n) is 3.43. The van der Waals surface area contributed by atoms with Crippen molar-refractivity contribution in [2.75, 3.05) is 13.7 Å². The lowest BCUT2D eigenvalue weighted by molar-refractivity contribution is 0.378. The van der Waals surface area contributed by atoms with E-state index in [1.165, 1.54) is 0 Å². The quantitative estimate of drug-likeness (QED) is 0.663. The second kappa shape index (κ2) is 3.88. The summed E-state index contributed by atoms with van der Waals surface area (Å²) < 4.78 is 4.84. The normalized spacial score (nSPS) is 9.64. The highest BCUT2D eigenvalue weighted by molar-refractivity contribution is 5.05. The SMILES string of the molecule is COc1nccc(CCN)n1. The Morgan fingerprint density at radius 3 is 3.09 bits per heavy atom. The van der Waals surface area contributed by atoms with Crippen molar-refractivity contribution in [2.24, 2.45) is 5.73 Å². The molecule has 2 N–H and O–H groups in total. The maximum atomic E-state index is 5.35. The number of hydrogen-bond donors (Lipinski definition) is 1. The second-order valence-electron chi connectivity index (χ2n) is 2.07. The molecule has 0 amide bonds. The summed E-state index contributed by atoms with van der Waals surface area (Å²) >= 11 is 0. The first-order chi connectivity index (χ1) is 5.36. The molecule has 0 unspecified atom stereocenters. The van der Waals surface area contributed by atoms with Crippen LogP contribution in [0.25, 0.3) is 0 Å². The first kappa shape index (κ1) is 7.94. The molecule has 0 aliphatic heterocycles. The highest BCUT2D eigenvalue weighted by Gasteiger charge is 1.95. The lowest BCUT2D eigenvalue weighted by atomic mass is 10.3. The summed E-state index contributed by atoms with van der Waals surface area (Å²) in [5.74, 6) is 0. The van der Waals surface area contributed by atoms with Gasteiger partial charge in [-0.15, -0.1) is 0 Å². The van der Waals surface area contributed by atoms with E-state index < -0.39 is 0 Å². The Bertz CT molecular complexity index is 227.